The van der Waals surface area contributed by atoms with Gasteiger partial charge in [0, 0.05) is 32.4 Å². The number of aromatic nitrogens is 4. The van der Waals surface area contributed by atoms with Gasteiger partial charge in [-0.3, -0.25) is 0 Å². The maximum atomic E-state index is 12.4. The lowest BCUT2D eigenvalue weighted by molar-refractivity contribution is -0.192. The second kappa shape index (κ2) is 11.6. The maximum absolute atomic E-state index is 12.4. The van der Waals surface area contributed by atoms with Crippen LogP contribution in [0, 0.1) is 24.8 Å². The van der Waals surface area contributed by atoms with E-state index in [9.17, 15) is 39.5 Å². The summed E-state index contributed by atoms with van der Waals surface area (Å²) >= 11 is 0. The van der Waals surface area contributed by atoms with E-state index in [-0.39, 0.29) is 5.69 Å². The van der Waals surface area contributed by atoms with Crippen molar-refractivity contribution < 1.29 is 49.4 Å². The van der Waals surface area contributed by atoms with E-state index in [1.165, 1.54) is 6.07 Å². The largest absolute Gasteiger partial charge is 0.490 e. The molecule has 2 N–H and O–H groups in total. The molecule has 1 saturated heterocycles. The van der Waals surface area contributed by atoms with E-state index in [2.05, 4.69) is 25.3 Å². The summed E-state index contributed by atoms with van der Waals surface area (Å²) in [6, 6.07) is 1.50. The summed E-state index contributed by atoms with van der Waals surface area (Å²) in [5.74, 6) is -6.16. The SMILES string of the molecule is Cc1nc(F)nc(F)c1F.FC(F)(F)c1nccc(N2CCNCC2)n1.O=C(O)C(F)(F)F. The quantitative estimate of drug-likeness (QED) is 0.355. The molecule has 3 heterocycles. The van der Waals surface area contributed by atoms with E-state index in [0.717, 1.165) is 26.2 Å². The number of rotatable bonds is 1. The van der Waals surface area contributed by atoms with Gasteiger partial charge in [0.15, 0.2) is 5.82 Å². The topological polar surface area (TPSA) is 104 Å². The molecule has 0 bridgehead atoms. The van der Waals surface area contributed by atoms with Crippen molar-refractivity contribution in [2.24, 2.45) is 0 Å². The van der Waals surface area contributed by atoms with Crippen LogP contribution < -0.4 is 10.2 Å². The number of anilines is 1. The molecule has 0 aliphatic carbocycles. The lowest BCUT2D eigenvalue weighted by atomic mass is 10.3. The number of piperazine rings is 1. The van der Waals surface area contributed by atoms with Gasteiger partial charge in [-0.05, 0) is 13.0 Å². The van der Waals surface area contributed by atoms with Crippen LogP contribution in [0.5, 0.6) is 0 Å². The van der Waals surface area contributed by atoms with E-state index in [1.54, 1.807) is 0 Å². The molecule has 1 fully saturated rings. The molecule has 0 spiro atoms. The fraction of sp³-hybridized carbons (Fsp3) is 0.438. The van der Waals surface area contributed by atoms with Gasteiger partial charge in [0.2, 0.25) is 5.82 Å². The Morgan fingerprint density at radius 1 is 1.03 bits per heavy atom. The zero-order valence-corrected chi connectivity index (χ0v) is 16.5. The molecule has 3 rings (SSSR count). The number of nitrogens with one attached hydrogen (secondary N) is 1. The maximum Gasteiger partial charge on any atom is 0.490 e. The number of carbonyl (C=O) groups is 1. The van der Waals surface area contributed by atoms with Crippen LogP contribution >= 0.6 is 0 Å². The summed E-state index contributed by atoms with van der Waals surface area (Å²) in [5.41, 5.74) is -0.329. The van der Waals surface area contributed by atoms with Crippen LogP contribution in [0.15, 0.2) is 12.3 Å². The monoisotopic (exact) mass is 494 g/mol. The molecule has 2 aromatic heterocycles. The minimum Gasteiger partial charge on any atom is -0.475 e. The molecule has 17 heteroatoms. The molecule has 33 heavy (non-hydrogen) atoms. The van der Waals surface area contributed by atoms with Crippen molar-refractivity contribution in [3.63, 3.8) is 0 Å². The van der Waals surface area contributed by atoms with Crippen molar-refractivity contribution >= 4 is 11.8 Å². The van der Waals surface area contributed by atoms with Gasteiger partial charge in [-0.25, -0.2) is 19.7 Å². The van der Waals surface area contributed by atoms with Crippen molar-refractivity contribution in [1.82, 2.24) is 25.3 Å². The molecular formula is C16H15F9N6O2. The highest BCUT2D eigenvalue weighted by Crippen LogP contribution is 2.27. The lowest BCUT2D eigenvalue weighted by Gasteiger charge is -2.28. The molecule has 8 nitrogen and oxygen atoms in total. The van der Waals surface area contributed by atoms with E-state index >= 15 is 0 Å². The standard InChI is InChI=1S/C9H11F3N4.C5H3F3N2.C2HF3O2/c10-9(11,12)8-14-2-1-7(15-8)16-5-3-13-4-6-16;1-2-3(6)4(7)10-5(8)9-2;3-2(4,5)1(6)7/h1-2,13H,3-6H2;1H3;(H,6,7). The number of hydrogen-bond donors (Lipinski definition) is 2. The van der Waals surface area contributed by atoms with Gasteiger partial charge in [-0.15, -0.1) is 0 Å². The number of carboxylic acid groups (broad SMARTS) is 1. The second-order valence-electron chi connectivity index (χ2n) is 5.96. The van der Waals surface area contributed by atoms with E-state index in [1.807, 2.05) is 4.90 Å². The third-order valence-electron chi connectivity index (χ3n) is 3.53. The Balaban J connectivity index is 0.000000275. The third kappa shape index (κ3) is 9.42. The van der Waals surface area contributed by atoms with Gasteiger partial charge in [-0.2, -0.15) is 44.5 Å². The highest BCUT2D eigenvalue weighted by Gasteiger charge is 2.38. The van der Waals surface area contributed by atoms with E-state index in [0.29, 0.717) is 18.9 Å². The van der Waals surface area contributed by atoms with Crippen molar-refractivity contribution in [1.29, 1.82) is 0 Å². The predicted molar refractivity (Wildman–Crippen MR) is 92.5 cm³/mol. The molecule has 1 aliphatic heterocycles. The summed E-state index contributed by atoms with van der Waals surface area (Å²) in [5, 5.41) is 10.2. The Hall–Kier alpha value is -3.24. The molecule has 1 aliphatic rings. The number of alkyl halides is 6. The Kier molecular flexibility index (Phi) is 9.75. The Morgan fingerprint density at radius 2 is 1.58 bits per heavy atom. The first kappa shape index (κ1) is 27.8. The molecule has 0 radical (unpaired) electrons. The first-order valence-corrected chi connectivity index (χ1v) is 8.64. The average molecular weight is 494 g/mol. The van der Waals surface area contributed by atoms with Gasteiger partial charge in [0.05, 0.1) is 5.69 Å². The zero-order chi connectivity index (χ0) is 25.4. The van der Waals surface area contributed by atoms with E-state index < -0.39 is 42.0 Å². The van der Waals surface area contributed by atoms with Crippen LogP contribution in [0.2, 0.25) is 0 Å². The van der Waals surface area contributed by atoms with Gasteiger partial charge in [-0.1, -0.05) is 0 Å². The van der Waals surface area contributed by atoms with Crippen LogP contribution in [0.3, 0.4) is 0 Å². The number of halogens is 9. The van der Waals surface area contributed by atoms with Crippen molar-refractivity contribution in [2.45, 2.75) is 19.3 Å². The van der Waals surface area contributed by atoms with Crippen LogP contribution in [-0.2, 0) is 11.0 Å². The Labute approximate surface area is 179 Å². The number of aliphatic carboxylic acids is 1. The van der Waals surface area contributed by atoms with Crippen molar-refractivity contribution in [2.75, 3.05) is 31.1 Å². The number of carboxylic acids is 1. The van der Waals surface area contributed by atoms with Crippen LogP contribution in [0.1, 0.15) is 11.5 Å². The normalized spacial score (nSPS) is 13.9. The fourth-order valence-corrected chi connectivity index (χ4v) is 2.05. The first-order valence-electron chi connectivity index (χ1n) is 8.64. The summed E-state index contributed by atoms with van der Waals surface area (Å²) < 4.78 is 105. The third-order valence-corrected chi connectivity index (χ3v) is 3.53. The van der Waals surface area contributed by atoms with Crippen LogP contribution in [0.25, 0.3) is 0 Å². The van der Waals surface area contributed by atoms with Gasteiger partial charge < -0.3 is 15.3 Å². The summed E-state index contributed by atoms with van der Waals surface area (Å²) in [6.45, 7) is 3.99. The van der Waals surface area contributed by atoms with Gasteiger partial charge >= 0.3 is 24.4 Å². The Morgan fingerprint density at radius 3 is 2.03 bits per heavy atom. The fourth-order valence-electron chi connectivity index (χ4n) is 2.05. The number of hydrogen-bond acceptors (Lipinski definition) is 7. The molecule has 0 amide bonds. The lowest BCUT2D eigenvalue weighted by Crippen LogP contribution is -2.44. The van der Waals surface area contributed by atoms with Gasteiger partial charge in [0.25, 0.3) is 5.95 Å². The van der Waals surface area contributed by atoms with Crippen LogP contribution in [-0.4, -0.2) is 63.4 Å². The average Bonchev–Trinajstić information content (AvgIpc) is 2.72. The molecule has 0 saturated carbocycles. The Bertz CT molecular complexity index is 910. The summed E-state index contributed by atoms with van der Waals surface area (Å²) in [7, 11) is 0. The summed E-state index contributed by atoms with van der Waals surface area (Å²) in [4.78, 5) is 22.9. The highest BCUT2D eigenvalue weighted by molar-refractivity contribution is 5.73. The number of aryl methyl sites for hydroxylation is 1. The number of nitrogens with zero attached hydrogens (tertiary/aromatic N) is 5. The zero-order valence-electron chi connectivity index (χ0n) is 16.5. The minimum absolute atomic E-state index is 0.329. The minimum atomic E-state index is -5.08. The van der Waals surface area contributed by atoms with Crippen molar-refractivity contribution in [3.8, 4) is 0 Å². The summed E-state index contributed by atoms with van der Waals surface area (Å²) in [6.07, 6.45) is -9.67. The second-order valence-corrected chi connectivity index (χ2v) is 5.96. The molecule has 0 atom stereocenters. The molecule has 2 aromatic rings. The molecule has 184 valence electrons. The smallest absolute Gasteiger partial charge is 0.475 e. The van der Waals surface area contributed by atoms with Crippen LogP contribution in [0.4, 0.5) is 45.3 Å². The van der Waals surface area contributed by atoms with Crippen molar-refractivity contribution in [3.05, 3.63) is 41.6 Å². The van der Waals surface area contributed by atoms with E-state index in [4.69, 9.17) is 9.90 Å². The molecular weight excluding hydrogens is 479 g/mol. The predicted octanol–water partition coefficient (Wildman–Crippen LogP) is 2.74. The van der Waals surface area contributed by atoms with Gasteiger partial charge in [0.1, 0.15) is 5.82 Å². The molecule has 0 unspecified atom stereocenters. The molecule has 0 aromatic carbocycles. The first-order chi connectivity index (χ1) is 15.1. The highest BCUT2D eigenvalue weighted by atomic mass is 19.4.